The number of aromatic nitrogens is 2. The van der Waals surface area contributed by atoms with Crippen molar-refractivity contribution in [2.45, 2.75) is 13.3 Å². The molecule has 1 N–H and O–H groups in total. The molecule has 1 rings (SSSR count). The zero-order valence-electron chi connectivity index (χ0n) is 11.1. The number of hydrogen-bond donors (Lipinski definition) is 1. The van der Waals surface area contributed by atoms with Crippen LogP contribution in [0.4, 0.5) is 5.82 Å². The number of nitrogens with one attached hydrogen (secondary N) is 1. The SMILES string of the molecule is CCNc1ccc(C(=O)N(C)CCCSC)nn1. The van der Waals surface area contributed by atoms with Crippen molar-refractivity contribution >= 4 is 23.5 Å². The number of nitrogens with zero attached hydrogens (tertiary/aromatic N) is 3. The van der Waals surface area contributed by atoms with Crippen molar-refractivity contribution in [2.75, 3.05) is 37.5 Å². The number of amides is 1. The van der Waals surface area contributed by atoms with Crippen LogP contribution in [-0.2, 0) is 0 Å². The van der Waals surface area contributed by atoms with Crippen molar-refractivity contribution in [1.82, 2.24) is 15.1 Å². The minimum absolute atomic E-state index is 0.0772. The van der Waals surface area contributed by atoms with Crippen LogP contribution < -0.4 is 5.32 Å². The molecule has 1 heterocycles. The number of carbonyl (C=O) groups is 1. The molecule has 0 saturated carbocycles. The first kappa shape index (κ1) is 14.8. The molecule has 0 atom stereocenters. The standard InChI is InChI=1S/C12H20N4OS/c1-4-13-11-7-6-10(14-15-11)12(17)16(2)8-5-9-18-3/h6-7H,4-5,8-9H2,1-3H3,(H,13,15). The third-order valence-electron chi connectivity index (χ3n) is 2.43. The molecule has 18 heavy (non-hydrogen) atoms. The lowest BCUT2D eigenvalue weighted by Gasteiger charge is -2.16. The van der Waals surface area contributed by atoms with Crippen molar-refractivity contribution in [2.24, 2.45) is 0 Å². The van der Waals surface area contributed by atoms with Crippen LogP contribution in [0.25, 0.3) is 0 Å². The summed E-state index contributed by atoms with van der Waals surface area (Å²) in [5.41, 5.74) is 0.392. The van der Waals surface area contributed by atoms with E-state index in [1.165, 1.54) is 0 Å². The van der Waals surface area contributed by atoms with E-state index in [1.54, 1.807) is 35.8 Å². The maximum atomic E-state index is 12.0. The molecule has 0 bridgehead atoms. The molecule has 100 valence electrons. The van der Waals surface area contributed by atoms with E-state index in [2.05, 4.69) is 21.8 Å². The van der Waals surface area contributed by atoms with Gasteiger partial charge in [0.05, 0.1) is 0 Å². The molecule has 1 amide bonds. The predicted molar refractivity (Wildman–Crippen MR) is 76.2 cm³/mol. The van der Waals surface area contributed by atoms with E-state index in [1.807, 2.05) is 6.92 Å². The second-order valence-corrected chi connectivity index (χ2v) is 4.89. The number of hydrogen-bond acceptors (Lipinski definition) is 5. The topological polar surface area (TPSA) is 58.1 Å². The van der Waals surface area contributed by atoms with Crippen molar-refractivity contribution in [1.29, 1.82) is 0 Å². The molecule has 0 unspecified atom stereocenters. The molecule has 0 radical (unpaired) electrons. The van der Waals surface area contributed by atoms with Gasteiger partial charge in [0.15, 0.2) is 5.69 Å². The maximum absolute atomic E-state index is 12.0. The van der Waals surface area contributed by atoms with Gasteiger partial charge < -0.3 is 10.2 Å². The van der Waals surface area contributed by atoms with Gasteiger partial charge in [0, 0.05) is 20.1 Å². The summed E-state index contributed by atoms with van der Waals surface area (Å²) in [5, 5.41) is 10.9. The Hall–Kier alpha value is -1.30. The monoisotopic (exact) mass is 268 g/mol. The van der Waals surface area contributed by atoms with E-state index >= 15 is 0 Å². The Balaban J connectivity index is 2.54. The molecule has 0 saturated heterocycles. The molecule has 0 aliphatic rings. The summed E-state index contributed by atoms with van der Waals surface area (Å²) in [7, 11) is 1.79. The Morgan fingerprint density at radius 1 is 1.44 bits per heavy atom. The molecule has 0 fully saturated rings. The Kier molecular flexibility index (Phi) is 6.49. The lowest BCUT2D eigenvalue weighted by molar-refractivity contribution is 0.0788. The summed E-state index contributed by atoms with van der Waals surface area (Å²) in [6, 6.07) is 3.48. The van der Waals surface area contributed by atoms with E-state index in [4.69, 9.17) is 0 Å². The van der Waals surface area contributed by atoms with E-state index in [-0.39, 0.29) is 5.91 Å². The average molecular weight is 268 g/mol. The highest BCUT2D eigenvalue weighted by atomic mass is 32.2. The zero-order chi connectivity index (χ0) is 13.4. The zero-order valence-corrected chi connectivity index (χ0v) is 12.0. The molecule has 0 aliphatic carbocycles. The van der Waals surface area contributed by atoms with Crippen LogP contribution in [0.3, 0.4) is 0 Å². The molecule has 1 aromatic heterocycles. The number of carbonyl (C=O) groups excluding carboxylic acids is 1. The van der Waals surface area contributed by atoms with E-state index < -0.39 is 0 Å². The van der Waals surface area contributed by atoms with Gasteiger partial charge in [-0.1, -0.05) is 0 Å². The summed E-state index contributed by atoms with van der Waals surface area (Å²) in [4.78, 5) is 13.7. The largest absolute Gasteiger partial charge is 0.369 e. The third kappa shape index (κ3) is 4.52. The fourth-order valence-corrected chi connectivity index (χ4v) is 1.88. The normalized spacial score (nSPS) is 10.2. The summed E-state index contributed by atoms with van der Waals surface area (Å²) in [5.74, 6) is 1.67. The maximum Gasteiger partial charge on any atom is 0.274 e. The molecule has 5 nitrogen and oxygen atoms in total. The molecule has 0 spiro atoms. The van der Waals surface area contributed by atoms with Gasteiger partial charge in [-0.15, -0.1) is 10.2 Å². The Bertz CT molecular complexity index is 369. The average Bonchev–Trinajstić information content (AvgIpc) is 2.39. The summed E-state index contributed by atoms with van der Waals surface area (Å²) in [6.45, 7) is 3.52. The third-order valence-corrected chi connectivity index (χ3v) is 3.13. The second-order valence-electron chi connectivity index (χ2n) is 3.91. The molecular formula is C12H20N4OS. The van der Waals surface area contributed by atoms with Gasteiger partial charge in [0.2, 0.25) is 0 Å². The van der Waals surface area contributed by atoms with Gasteiger partial charge in [-0.25, -0.2) is 0 Å². The van der Waals surface area contributed by atoms with Crippen LogP contribution in [-0.4, -0.2) is 53.2 Å². The van der Waals surface area contributed by atoms with Crippen LogP contribution >= 0.6 is 11.8 Å². The molecule has 6 heteroatoms. The lowest BCUT2D eigenvalue weighted by atomic mass is 10.3. The van der Waals surface area contributed by atoms with E-state index in [0.717, 1.165) is 25.3 Å². The predicted octanol–water partition coefficient (Wildman–Crippen LogP) is 1.73. The number of rotatable bonds is 7. The Morgan fingerprint density at radius 3 is 2.78 bits per heavy atom. The van der Waals surface area contributed by atoms with Gasteiger partial charge >= 0.3 is 0 Å². The number of anilines is 1. The highest BCUT2D eigenvalue weighted by molar-refractivity contribution is 7.98. The van der Waals surface area contributed by atoms with Gasteiger partial charge in [0.25, 0.3) is 5.91 Å². The summed E-state index contributed by atoms with van der Waals surface area (Å²) < 4.78 is 0. The van der Waals surface area contributed by atoms with Gasteiger partial charge in [0.1, 0.15) is 5.82 Å². The van der Waals surface area contributed by atoms with Crippen LogP contribution in [0.2, 0.25) is 0 Å². The quantitative estimate of drug-likeness (QED) is 0.763. The lowest BCUT2D eigenvalue weighted by Crippen LogP contribution is -2.29. The van der Waals surface area contributed by atoms with E-state index in [9.17, 15) is 4.79 Å². The van der Waals surface area contributed by atoms with E-state index in [0.29, 0.717) is 11.5 Å². The van der Waals surface area contributed by atoms with Gasteiger partial charge in [-0.2, -0.15) is 11.8 Å². The number of thioether (sulfide) groups is 1. The van der Waals surface area contributed by atoms with Crippen LogP contribution in [0.1, 0.15) is 23.8 Å². The van der Waals surface area contributed by atoms with Crippen molar-refractivity contribution in [3.8, 4) is 0 Å². The molecule has 0 aromatic carbocycles. The van der Waals surface area contributed by atoms with Crippen LogP contribution in [0.15, 0.2) is 12.1 Å². The van der Waals surface area contributed by atoms with Crippen molar-refractivity contribution < 1.29 is 4.79 Å². The van der Waals surface area contributed by atoms with Crippen LogP contribution in [0, 0.1) is 0 Å². The molecule has 1 aromatic rings. The first-order chi connectivity index (χ1) is 8.69. The molecule has 0 aliphatic heterocycles. The fraction of sp³-hybridized carbons (Fsp3) is 0.583. The van der Waals surface area contributed by atoms with Crippen molar-refractivity contribution in [3.63, 3.8) is 0 Å². The summed E-state index contributed by atoms with van der Waals surface area (Å²) in [6.07, 6.45) is 3.05. The second kappa shape index (κ2) is 7.92. The first-order valence-corrected chi connectivity index (χ1v) is 7.40. The summed E-state index contributed by atoms with van der Waals surface area (Å²) >= 11 is 1.78. The van der Waals surface area contributed by atoms with Gasteiger partial charge in [-0.05, 0) is 37.5 Å². The minimum Gasteiger partial charge on any atom is -0.369 e. The van der Waals surface area contributed by atoms with Crippen LogP contribution in [0.5, 0.6) is 0 Å². The Labute approximate surface area is 112 Å². The van der Waals surface area contributed by atoms with Gasteiger partial charge in [-0.3, -0.25) is 4.79 Å². The molecular weight excluding hydrogens is 248 g/mol. The van der Waals surface area contributed by atoms with Crippen molar-refractivity contribution in [3.05, 3.63) is 17.8 Å². The highest BCUT2D eigenvalue weighted by Gasteiger charge is 2.13. The highest BCUT2D eigenvalue weighted by Crippen LogP contribution is 2.05. The minimum atomic E-state index is -0.0772. The first-order valence-electron chi connectivity index (χ1n) is 6.01. The Morgan fingerprint density at radius 2 is 2.22 bits per heavy atom. The smallest absolute Gasteiger partial charge is 0.274 e. The fourth-order valence-electron chi connectivity index (χ4n) is 1.46.